The van der Waals surface area contributed by atoms with E-state index in [0.717, 1.165) is 0 Å². The van der Waals surface area contributed by atoms with E-state index in [9.17, 15) is 14.5 Å². The molecule has 0 spiro atoms. The number of nitrogens with zero attached hydrogens (tertiary/aromatic N) is 1. The van der Waals surface area contributed by atoms with Crippen LogP contribution in [0.2, 0.25) is 0 Å². The lowest BCUT2D eigenvalue weighted by molar-refractivity contribution is -0.508. The minimum Gasteiger partial charge on any atom is -0.264 e. The summed E-state index contributed by atoms with van der Waals surface area (Å²) in [5.74, 6) is -0.344. The van der Waals surface area contributed by atoms with E-state index in [1.165, 1.54) is 19.1 Å². The monoisotopic (exact) mass is 157 g/mol. The molecule has 0 heterocycles. The second-order valence-electron chi connectivity index (χ2n) is 2.49. The van der Waals surface area contributed by atoms with Crippen molar-refractivity contribution in [1.29, 1.82) is 0 Å². The number of nitro groups is 1. The highest BCUT2D eigenvalue weighted by Crippen LogP contribution is 2.20. The van der Waals surface area contributed by atoms with E-state index in [0.29, 0.717) is 5.57 Å². The molecule has 1 atom stereocenters. The third-order valence-corrected chi connectivity index (χ3v) is 1.63. The number of allylic oxidation sites excluding steroid dienone is 2. The first-order chi connectivity index (χ1) is 5.11. The van der Waals surface area contributed by atoms with Gasteiger partial charge in [0, 0.05) is 11.3 Å². The minimum absolute atomic E-state index is 0.163. The molecular weight excluding hydrogens is 149 g/mol. The summed E-state index contributed by atoms with van der Waals surface area (Å²) in [5.41, 5.74) is 0.359. The van der Waals surface area contributed by atoms with Gasteiger partial charge in [-0.1, -0.05) is 0 Å². The van der Waals surface area contributed by atoms with Crippen molar-refractivity contribution in [2.24, 2.45) is 0 Å². The molecule has 3 nitrogen and oxygen atoms in total. The molecule has 0 saturated heterocycles. The van der Waals surface area contributed by atoms with Gasteiger partial charge in [0.25, 0.3) is 0 Å². The summed E-state index contributed by atoms with van der Waals surface area (Å²) in [6.45, 7) is 1.53. The van der Waals surface area contributed by atoms with E-state index in [1.54, 1.807) is 0 Å². The number of halogens is 1. The molecule has 0 aromatic rings. The Morgan fingerprint density at radius 3 is 2.91 bits per heavy atom. The normalized spacial score (nSPS) is 24.0. The Hall–Kier alpha value is -1.19. The summed E-state index contributed by atoms with van der Waals surface area (Å²) in [6, 6.07) is -0.741. The fourth-order valence-corrected chi connectivity index (χ4v) is 0.968. The van der Waals surface area contributed by atoms with Crippen molar-refractivity contribution in [3.8, 4) is 0 Å². The summed E-state index contributed by atoms with van der Waals surface area (Å²) in [6.07, 6.45) is 2.76. The highest BCUT2D eigenvalue weighted by atomic mass is 19.1. The number of hydrogen-bond acceptors (Lipinski definition) is 2. The molecule has 0 aliphatic heterocycles. The topological polar surface area (TPSA) is 43.1 Å². The van der Waals surface area contributed by atoms with Crippen molar-refractivity contribution in [2.75, 3.05) is 0 Å². The summed E-state index contributed by atoms with van der Waals surface area (Å²) < 4.78 is 12.6. The van der Waals surface area contributed by atoms with Gasteiger partial charge >= 0.3 is 0 Å². The summed E-state index contributed by atoms with van der Waals surface area (Å²) in [5, 5.41) is 10.2. The lowest BCUT2D eigenvalue weighted by atomic mass is 10.0. The van der Waals surface area contributed by atoms with Crippen LogP contribution in [-0.2, 0) is 0 Å². The highest BCUT2D eigenvalue weighted by Gasteiger charge is 2.20. The van der Waals surface area contributed by atoms with Gasteiger partial charge in [0.2, 0.25) is 6.04 Å². The van der Waals surface area contributed by atoms with Gasteiger partial charge < -0.3 is 0 Å². The SMILES string of the molecule is CC1=CC([N+](=O)[O-])CC=C1F. The van der Waals surface area contributed by atoms with Gasteiger partial charge in [-0.2, -0.15) is 0 Å². The van der Waals surface area contributed by atoms with Crippen LogP contribution in [0.4, 0.5) is 4.39 Å². The Morgan fingerprint density at radius 2 is 2.45 bits per heavy atom. The first kappa shape index (κ1) is 7.91. The number of rotatable bonds is 1. The maximum Gasteiger partial charge on any atom is 0.235 e. The molecular formula is C7H8FNO2. The van der Waals surface area contributed by atoms with E-state index in [4.69, 9.17) is 0 Å². The first-order valence-electron chi connectivity index (χ1n) is 3.29. The van der Waals surface area contributed by atoms with E-state index in [-0.39, 0.29) is 12.2 Å². The largest absolute Gasteiger partial charge is 0.264 e. The molecule has 4 heteroatoms. The molecule has 11 heavy (non-hydrogen) atoms. The maximum atomic E-state index is 12.6. The lowest BCUT2D eigenvalue weighted by Crippen LogP contribution is -2.18. The average Bonchev–Trinajstić information content (AvgIpc) is 1.94. The molecule has 0 amide bonds. The Kier molecular flexibility index (Phi) is 2.03. The molecule has 1 rings (SSSR count). The van der Waals surface area contributed by atoms with Crippen LogP contribution < -0.4 is 0 Å². The standard InChI is InChI=1S/C7H8FNO2/c1-5-4-6(9(10)11)2-3-7(5)8/h3-4,6H,2H2,1H3. The summed E-state index contributed by atoms with van der Waals surface area (Å²) in [7, 11) is 0. The van der Waals surface area contributed by atoms with Crippen LogP contribution in [0.1, 0.15) is 13.3 Å². The Labute approximate surface area is 63.4 Å². The van der Waals surface area contributed by atoms with Crippen molar-refractivity contribution in [3.63, 3.8) is 0 Å². The predicted octanol–water partition coefficient (Wildman–Crippen LogP) is 1.84. The van der Waals surface area contributed by atoms with Crippen LogP contribution in [0.25, 0.3) is 0 Å². The molecule has 1 aliphatic carbocycles. The van der Waals surface area contributed by atoms with Gasteiger partial charge in [-0.05, 0) is 24.6 Å². The third kappa shape index (κ3) is 1.63. The number of hydrogen-bond donors (Lipinski definition) is 0. The quantitative estimate of drug-likeness (QED) is 0.430. The molecule has 0 saturated carbocycles. The van der Waals surface area contributed by atoms with Crippen LogP contribution in [-0.4, -0.2) is 11.0 Å². The second-order valence-corrected chi connectivity index (χ2v) is 2.49. The van der Waals surface area contributed by atoms with Crippen molar-refractivity contribution < 1.29 is 9.31 Å². The fraction of sp³-hybridized carbons (Fsp3) is 0.429. The van der Waals surface area contributed by atoms with Crippen LogP contribution in [0, 0.1) is 10.1 Å². The zero-order chi connectivity index (χ0) is 8.43. The first-order valence-corrected chi connectivity index (χ1v) is 3.29. The van der Waals surface area contributed by atoms with Crippen LogP contribution in [0.3, 0.4) is 0 Å². The van der Waals surface area contributed by atoms with Crippen LogP contribution >= 0.6 is 0 Å². The van der Waals surface area contributed by atoms with Gasteiger partial charge in [-0.25, -0.2) is 4.39 Å². The van der Waals surface area contributed by atoms with E-state index >= 15 is 0 Å². The molecule has 0 aromatic heterocycles. The van der Waals surface area contributed by atoms with Crippen molar-refractivity contribution >= 4 is 0 Å². The maximum absolute atomic E-state index is 12.6. The molecule has 0 aromatic carbocycles. The second kappa shape index (κ2) is 2.82. The van der Waals surface area contributed by atoms with Gasteiger partial charge in [-0.15, -0.1) is 0 Å². The van der Waals surface area contributed by atoms with Gasteiger partial charge in [0.05, 0.1) is 0 Å². The molecule has 60 valence electrons. The van der Waals surface area contributed by atoms with Crippen molar-refractivity contribution in [2.45, 2.75) is 19.4 Å². The van der Waals surface area contributed by atoms with E-state index < -0.39 is 11.0 Å². The zero-order valence-electron chi connectivity index (χ0n) is 6.08. The molecule has 1 unspecified atom stereocenters. The highest BCUT2D eigenvalue weighted by molar-refractivity contribution is 5.28. The smallest absolute Gasteiger partial charge is 0.235 e. The molecule has 0 fully saturated rings. The molecule has 0 radical (unpaired) electrons. The third-order valence-electron chi connectivity index (χ3n) is 1.63. The zero-order valence-corrected chi connectivity index (χ0v) is 6.08. The Balaban J connectivity index is 2.77. The Bertz CT molecular complexity index is 245. The predicted molar refractivity (Wildman–Crippen MR) is 38.3 cm³/mol. The fourth-order valence-electron chi connectivity index (χ4n) is 0.968. The minimum atomic E-state index is -0.741. The van der Waals surface area contributed by atoms with Crippen molar-refractivity contribution in [1.82, 2.24) is 0 Å². The Morgan fingerprint density at radius 1 is 1.82 bits per heavy atom. The summed E-state index contributed by atoms with van der Waals surface area (Å²) in [4.78, 5) is 9.81. The van der Waals surface area contributed by atoms with E-state index in [1.807, 2.05) is 0 Å². The van der Waals surface area contributed by atoms with Gasteiger partial charge in [-0.3, -0.25) is 10.1 Å². The average molecular weight is 157 g/mol. The molecule has 0 bridgehead atoms. The van der Waals surface area contributed by atoms with E-state index in [2.05, 4.69) is 0 Å². The van der Waals surface area contributed by atoms with Gasteiger partial charge in [0.15, 0.2) is 0 Å². The van der Waals surface area contributed by atoms with Gasteiger partial charge in [0.1, 0.15) is 5.83 Å². The van der Waals surface area contributed by atoms with Crippen LogP contribution in [0.5, 0.6) is 0 Å². The van der Waals surface area contributed by atoms with Crippen molar-refractivity contribution in [3.05, 3.63) is 33.7 Å². The molecule has 1 aliphatic rings. The summed E-state index contributed by atoms with van der Waals surface area (Å²) >= 11 is 0. The lowest BCUT2D eigenvalue weighted by Gasteiger charge is -2.08. The van der Waals surface area contributed by atoms with Crippen LogP contribution in [0.15, 0.2) is 23.6 Å². The molecule has 0 N–H and O–H groups in total.